The summed E-state index contributed by atoms with van der Waals surface area (Å²) in [6, 6.07) is 13.7. The lowest BCUT2D eigenvalue weighted by Crippen LogP contribution is -2.19. The smallest absolute Gasteiger partial charge is 0.125 e. The molecule has 0 amide bonds. The molecule has 5 nitrogen and oxygen atoms in total. The van der Waals surface area contributed by atoms with E-state index in [1.165, 1.54) is 0 Å². The molecule has 0 aliphatic carbocycles. The van der Waals surface area contributed by atoms with Gasteiger partial charge < -0.3 is 15.2 Å². The fourth-order valence-electron chi connectivity index (χ4n) is 2.85. The highest BCUT2D eigenvalue weighted by molar-refractivity contribution is 5.82. The Kier molecular flexibility index (Phi) is 5.68. The lowest BCUT2D eigenvalue weighted by molar-refractivity contribution is 0.0893. The van der Waals surface area contributed by atoms with Crippen molar-refractivity contribution < 1.29 is 9.84 Å². The molecule has 0 aliphatic rings. The Hall–Kier alpha value is -2.66. The Labute approximate surface area is 154 Å². The lowest BCUT2D eigenvalue weighted by Gasteiger charge is -2.14. The molecule has 2 heterocycles. The molecule has 0 saturated carbocycles. The summed E-state index contributed by atoms with van der Waals surface area (Å²) in [4.78, 5) is 9.05. The van der Waals surface area contributed by atoms with Crippen molar-refractivity contribution in [3.05, 3.63) is 48.7 Å². The van der Waals surface area contributed by atoms with Gasteiger partial charge in [0, 0.05) is 24.2 Å². The summed E-state index contributed by atoms with van der Waals surface area (Å²) in [6.45, 7) is 4.48. The van der Waals surface area contributed by atoms with E-state index in [0.29, 0.717) is 12.5 Å². The van der Waals surface area contributed by atoms with Crippen LogP contribution in [0.1, 0.15) is 20.3 Å². The summed E-state index contributed by atoms with van der Waals surface area (Å²) in [5.74, 6) is 2.02. The van der Waals surface area contributed by atoms with E-state index in [2.05, 4.69) is 24.1 Å². The quantitative estimate of drug-likeness (QED) is 0.670. The molecule has 0 saturated heterocycles. The molecule has 1 unspecified atom stereocenters. The zero-order chi connectivity index (χ0) is 18.5. The number of aliphatic hydroxyl groups excluding tert-OH is 1. The summed E-state index contributed by atoms with van der Waals surface area (Å²) in [7, 11) is 1.85. The van der Waals surface area contributed by atoms with E-state index in [9.17, 15) is 5.11 Å². The van der Waals surface area contributed by atoms with Crippen LogP contribution in [0, 0.1) is 5.92 Å². The van der Waals surface area contributed by atoms with Crippen molar-refractivity contribution in [3.63, 3.8) is 0 Å². The first-order valence-electron chi connectivity index (χ1n) is 8.91. The number of rotatable bonds is 7. The SMILES string of the molecule is CNc1ccc(-c2ccc3cc(OCC(O)CC(C)C)ccc3n2)cn1. The van der Waals surface area contributed by atoms with Gasteiger partial charge in [-0.3, -0.25) is 0 Å². The van der Waals surface area contributed by atoms with Gasteiger partial charge in [-0.1, -0.05) is 19.9 Å². The van der Waals surface area contributed by atoms with Crippen LogP contribution in [-0.2, 0) is 0 Å². The number of hydrogen-bond acceptors (Lipinski definition) is 5. The summed E-state index contributed by atoms with van der Waals surface area (Å²) in [5.41, 5.74) is 2.76. The van der Waals surface area contributed by atoms with Crippen LogP contribution in [0.3, 0.4) is 0 Å². The summed E-state index contributed by atoms with van der Waals surface area (Å²) < 4.78 is 5.72. The number of pyridine rings is 2. The Morgan fingerprint density at radius 3 is 2.65 bits per heavy atom. The van der Waals surface area contributed by atoms with E-state index < -0.39 is 6.10 Å². The van der Waals surface area contributed by atoms with Crippen LogP contribution in [0.25, 0.3) is 22.2 Å². The highest BCUT2D eigenvalue weighted by Crippen LogP contribution is 2.24. The van der Waals surface area contributed by atoms with E-state index in [-0.39, 0.29) is 0 Å². The first-order chi connectivity index (χ1) is 12.5. The van der Waals surface area contributed by atoms with Crippen molar-refractivity contribution in [3.8, 4) is 17.0 Å². The standard InChI is InChI=1S/C21H25N3O2/c1-14(2)10-17(25)13-26-18-6-8-19-15(11-18)4-7-20(24-19)16-5-9-21(22-3)23-12-16/h4-9,11-12,14,17,25H,10,13H2,1-3H3,(H,22,23). The largest absolute Gasteiger partial charge is 0.491 e. The van der Waals surface area contributed by atoms with Crippen LogP contribution < -0.4 is 10.1 Å². The second kappa shape index (κ2) is 8.15. The molecule has 0 bridgehead atoms. The minimum Gasteiger partial charge on any atom is -0.491 e. The number of fused-ring (bicyclic) bond motifs is 1. The van der Waals surface area contributed by atoms with Gasteiger partial charge >= 0.3 is 0 Å². The molecule has 0 spiro atoms. The lowest BCUT2D eigenvalue weighted by atomic mass is 10.1. The van der Waals surface area contributed by atoms with Gasteiger partial charge in [0.1, 0.15) is 18.2 Å². The highest BCUT2D eigenvalue weighted by Gasteiger charge is 2.09. The van der Waals surface area contributed by atoms with Gasteiger partial charge in [-0.2, -0.15) is 0 Å². The second-order valence-electron chi connectivity index (χ2n) is 6.83. The summed E-state index contributed by atoms with van der Waals surface area (Å²) in [5, 5.41) is 14.0. The number of nitrogens with zero attached hydrogens (tertiary/aromatic N) is 2. The molecule has 0 aliphatic heterocycles. The van der Waals surface area contributed by atoms with Crippen molar-refractivity contribution in [2.24, 2.45) is 5.92 Å². The van der Waals surface area contributed by atoms with Crippen molar-refractivity contribution in [2.75, 3.05) is 19.0 Å². The Morgan fingerprint density at radius 1 is 1.12 bits per heavy atom. The highest BCUT2D eigenvalue weighted by atomic mass is 16.5. The Morgan fingerprint density at radius 2 is 1.96 bits per heavy atom. The monoisotopic (exact) mass is 351 g/mol. The second-order valence-corrected chi connectivity index (χ2v) is 6.83. The molecule has 3 rings (SSSR count). The van der Waals surface area contributed by atoms with Gasteiger partial charge in [0.25, 0.3) is 0 Å². The molecular formula is C21H25N3O2. The molecule has 0 fully saturated rings. The molecule has 1 atom stereocenters. The van der Waals surface area contributed by atoms with Crippen molar-refractivity contribution in [1.82, 2.24) is 9.97 Å². The van der Waals surface area contributed by atoms with Crippen molar-refractivity contribution in [1.29, 1.82) is 0 Å². The maximum Gasteiger partial charge on any atom is 0.125 e. The van der Waals surface area contributed by atoms with E-state index >= 15 is 0 Å². The molecule has 3 aromatic rings. The summed E-state index contributed by atoms with van der Waals surface area (Å²) in [6.07, 6.45) is 2.10. The molecule has 136 valence electrons. The maximum atomic E-state index is 9.95. The van der Waals surface area contributed by atoms with Gasteiger partial charge in [-0.05, 0) is 48.7 Å². The van der Waals surface area contributed by atoms with E-state index in [1.54, 1.807) is 0 Å². The van der Waals surface area contributed by atoms with Crippen LogP contribution in [0.5, 0.6) is 5.75 Å². The van der Waals surface area contributed by atoms with Gasteiger partial charge in [0.05, 0.1) is 17.3 Å². The van der Waals surface area contributed by atoms with Crippen LogP contribution in [0.15, 0.2) is 48.7 Å². The molecule has 2 N–H and O–H groups in total. The van der Waals surface area contributed by atoms with Crippen LogP contribution in [-0.4, -0.2) is 34.8 Å². The number of nitrogens with one attached hydrogen (secondary N) is 1. The van der Waals surface area contributed by atoms with Gasteiger partial charge in [0.2, 0.25) is 0 Å². The number of aliphatic hydroxyl groups is 1. The van der Waals surface area contributed by atoms with E-state index in [0.717, 1.165) is 40.1 Å². The zero-order valence-corrected chi connectivity index (χ0v) is 15.4. The van der Waals surface area contributed by atoms with Crippen LogP contribution in [0.2, 0.25) is 0 Å². The zero-order valence-electron chi connectivity index (χ0n) is 15.4. The predicted molar refractivity (Wildman–Crippen MR) is 105 cm³/mol. The predicted octanol–water partition coefficient (Wildman–Crippen LogP) is 4.12. The molecule has 1 aromatic carbocycles. The molecule has 2 aromatic heterocycles. The normalized spacial score (nSPS) is 12.3. The Balaban J connectivity index is 1.75. The first-order valence-corrected chi connectivity index (χ1v) is 8.91. The van der Waals surface area contributed by atoms with Gasteiger partial charge in [-0.25, -0.2) is 9.97 Å². The number of benzene rings is 1. The van der Waals surface area contributed by atoms with E-state index in [1.807, 2.05) is 55.7 Å². The van der Waals surface area contributed by atoms with Crippen LogP contribution in [0.4, 0.5) is 5.82 Å². The van der Waals surface area contributed by atoms with Gasteiger partial charge in [0.15, 0.2) is 0 Å². The molecule has 0 radical (unpaired) electrons. The van der Waals surface area contributed by atoms with Crippen molar-refractivity contribution in [2.45, 2.75) is 26.4 Å². The average molecular weight is 351 g/mol. The third kappa shape index (κ3) is 4.49. The topological polar surface area (TPSA) is 67.3 Å². The third-order valence-electron chi connectivity index (χ3n) is 4.16. The van der Waals surface area contributed by atoms with E-state index in [4.69, 9.17) is 9.72 Å². The van der Waals surface area contributed by atoms with Crippen molar-refractivity contribution >= 4 is 16.7 Å². The Bertz CT molecular complexity index is 863. The first kappa shape index (κ1) is 18.1. The maximum absolute atomic E-state index is 9.95. The molecule has 26 heavy (non-hydrogen) atoms. The number of anilines is 1. The number of aromatic nitrogens is 2. The number of hydrogen-bond donors (Lipinski definition) is 2. The molecule has 5 heteroatoms. The minimum atomic E-state index is -0.445. The summed E-state index contributed by atoms with van der Waals surface area (Å²) >= 11 is 0. The third-order valence-corrected chi connectivity index (χ3v) is 4.16. The fraction of sp³-hybridized carbons (Fsp3) is 0.333. The fourth-order valence-corrected chi connectivity index (χ4v) is 2.85. The molecular weight excluding hydrogens is 326 g/mol. The van der Waals surface area contributed by atoms with Gasteiger partial charge in [-0.15, -0.1) is 0 Å². The van der Waals surface area contributed by atoms with Crippen LogP contribution >= 0.6 is 0 Å². The number of ether oxygens (including phenoxy) is 1. The average Bonchev–Trinajstić information content (AvgIpc) is 2.65. The minimum absolute atomic E-state index is 0.304.